The molecule has 1 saturated heterocycles. The van der Waals surface area contributed by atoms with Crippen molar-refractivity contribution in [3.63, 3.8) is 0 Å². The fraction of sp³-hybridized carbons (Fsp3) is 0.286. The van der Waals surface area contributed by atoms with E-state index in [0.717, 1.165) is 53.6 Å². The Hall–Kier alpha value is -2.42. The van der Waals surface area contributed by atoms with Crippen LogP contribution in [-0.2, 0) is 11.2 Å². The summed E-state index contributed by atoms with van der Waals surface area (Å²) in [5.41, 5.74) is 6.64. The van der Waals surface area contributed by atoms with Crippen LogP contribution in [0.4, 0.5) is 4.39 Å². The summed E-state index contributed by atoms with van der Waals surface area (Å²) >= 11 is 0. The van der Waals surface area contributed by atoms with E-state index in [1.807, 2.05) is 12.1 Å². The summed E-state index contributed by atoms with van der Waals surface area (Å²) in [6.07, 6.45) is 4.84. The molecule has 1 atom stereocenters. The fourth-order valence-electron chi connectivity index (χ4n) is 3.87. The quantitative estimate of drug-likeness (QED) is 0.835. The van der Waals surface area contributed by atoms with Crippen molar-refractivity contribution in [2.45, 2.75) is 26.2 Å². The third kappa shape index (κ3) is 2.75. The van der Waals surface area contributed by atoms with Crippen LogP contribution in [0.2, 0.25) is 0 Å². The summed E-state index contributed by atoms with van der Waals surface area (Å²) in [4.78, 5) is 12.2. The second-order valence-corrected chi connectivity index (χ2v) is 6.88. The highest BCUT2D eigenvalue weighted by molar-refractivity contribution is 5.99. The van der Waals surface area contributed by atoms with Crippen LogP contribution < -0.4 is 5.32 Å². The first-order valence-electron chi connectivity index (χ1n) is 8.48. The van der Waals surface area contributed by atoms with E-state index >= 15 is 0 Å². The molecule has 1 aliphatic carbocycles. The molecule has 2 bridgehead atoms. The highest BCUT2D eigenvalue weighted by Crippen LogP contribution is 2.36. The number of benzene rings is 2. The zero-order chi connectivity index (χ0) is 16.7. The van der Waals surface area contributed by atoms with Crippen LogP contribution in [0.1, 0.15) is 29.5 Å². The zero-order valence-electron chi connectivity index (χ0n) is 13.7. The molecule has 1 amide bonds. The number of hydrogen-bond donors (Lipinski definition) is 1. The minimum absolute atomic E-state index is 0.0650. The lowest BCUT2D eigenvalue weighted by atomic mass is 9.87. The highest BCUT2D eigenvalue weighted by atomic mass is 19.1. The minimum Gasteiger partial charge on any atom is -0.352 e. The predicted octanol–water partition coefficient (Wildman–Crippen LogP) is 4.27. The lowest BCUT2D eigenvalue weighted by Gasteiger charge is -2.18. The minimum atomic E-state index is -0.219. The van der Waals surface area contributed by atoms with E-state index in [2.05, 4.69) is 30.4 Å². The largest absolute Gasteiger partial charge is 0.352 e. The number of nitrogens with one attached hydrogen (secondary N) is 1. The summed E-state index contributed by atoms with van der Waals surface area (Å²) in [5.74, 6) is 0.317. The molecule has 3 heteroatoms. The monoisotopic (exact) mass is 321 g/mol. The van der Waals surface area contributed by atoms with Crippen LogP contribution in [0.5, 0.6) is 0 Å². The molecule has 2 aliphatic rings. The number of carbonyl (C=O) groups is 1. The molecule has 24 heavy (non-hydrogen) atoms. The lowest BCUT2D eigenvalue weighted by molar-refractivity contribution is -0.117. The fourth-order valence-corrected chi connectivity index (χ4v) is 3.87. The molecule has 2 aromatic carbocycles. The molecule has 1 N–H and O–H groups in total. The molecule has 2 nitrogen and oxygen atoms in total. The van der Waals surface area contributed by atoms with Crippen LogP contribution in [0.25, 0.3) is 17.2 Å². The maximum absolute atomic E-state index is 13.3. The zero-order valence-corrected chi connectivity index (χ0v) is 13.7. The van der Waals surface area contributed by atoms with Crippen molar-refractivity contribution >= 4 is 12.0 Å². The molecule has 1 heterocycles. The molecule has 0 aromatic heterocycles. The van der Waals surface area contributed by atoms with Gasteiger partial charge < -0.3 is 5.32 Å². The Morgan fingerprint density at radius 1 is 1.12 bits per heavy atom. The number of carbonyl (C=O) groups excluding carboxylic acids is 1. The molecule has 1 unspecified atom stereocenters. The maximum atomic E-state index is 13.3. The van der Waals surface area contributed by atoms with Crippen LogP contribution in [0.15, 0.2) is 42.0 Å². The smallest absolute Gasteiger partial charge is 0.247 e. The van der Waals surface area contributed by atoms with E-state index in [1.165, 1.54) is 17.7 Å². The van der Waals surface area contributed by atoms with Crippen molar-refractivity contribution < 1.29 is 9.18 Å². The number of rotatable bonds is 1. The van der Waals surface area contributed by atoms with Gasteiger partial charge in [0.25, 0.3) is 0 Å². The van der Waals surface area contributed by atoms with Gasteiger partial charge in [0.05, 0.1) is 0 Å². The lowest BCUT2D eigenvalue weighted by Crippen LogP contribution is -2.23. The van der Waals surface area contributed by atoms with E-state index in [0.29, 0.717) is 5.92 Å². The van der Waals surface area contributed by atoms with Gasteiger partial charge >= 0.3 is 0 Å². The van der Waals surface area contributed by atoms with Gasteiger partial charge in [0.2, 0.25) is 5.91 Å². The first kappa shape index (κ1) is 15.1. The Bertz CT molecular complexity index is 836. The maximum Gasteiger partial charge on any atom is 0.247 e. The van der Waals surface area contributed by atoms with Crippen molar-refractivity contribution in [1.82, 2.24) is 5.32 Å². The Morgan fingerprint density at radius 3 is 2.71 bits per heavy atom. The number of fused-ring (bicyclic) bond motifs is 3. The average Bonchev–Trinajstić information content (AvgIpc) is 2.84. The third-order valence-corrected chi connectivity index (χ3v) is 5.04. The Morgan fingerprint density at radius 2 is 1.92 bits per heavy atom. The number of amides is 1. The van der Waals surface area contributed by atoms with Crippen LogP contribution in [0.3, 0.4) is 0 Å². The van der Waals surface area contributed by atoms with E-state index in [1.54, 1.807) is 0 Å². The van der Waals surface area contributed by atoms with Gasteiger partial charge in [-0.05, 0) is 78.1 Å². The SMILES string of the molecule is Cc1cc2c(c(-c3ccc(F)cc3)c1)CC1CCNC(=O)C(=C2)C1. The van der Waals surface area contributed by atoms with Crippen molar-refractivity contribution in [1.29, 1.82) is 0 Å². The van der Waals surface area contributed by atoms with Crippen molar-refractivity contribution in [2.24, 2.45) is 5.92 Å². The summed E-state index contributed by atoms with van der Waals surface area (Å²) in [7, 11) is 0. The van der Waals surface area contributed by atoms with E-state index in [-0.39, 0.29) is 11.7 Å². The molecule has 1 fully saturated rings. The summed E-state index contributed by atoms with van der Waals surface area (Å²) in [6, 6.07) is 11.0. The van der Waals surface area contributed by atoms with Crippen LogP contribution in [-0.4, -0.2) is 12.5 Å². The standard InChI is InChI=1S/C21H20FNO/c1-13-8-16-12-17-10-14(6-7-23-21(17)24)11-20(16)19(9-13)15-2-4-18(22)5-3-15/h2-5,8-9,12,14H,6-7,10-11H2,1H3,(H,23,24). The molecule has 4 rings (SSSR count). The predicted molar refractivity (Wildman–Crippen MR) is 94.0 cm³/mol. The second kappa shape index (κ2) is 5.90. The van der Waals surface area contributed by atoms with E-state index in [9.17, 15) is 9.18 Å². The Balaban J connectivity index is 1.90. The number of aryl methyl sites for hydroxylation is 1. The first-order chi connectivity index (χ1) is 11.6. The molecule has 0 radical (unpaired) electrons. The summed E-state index contributed by atoms with van der Waals surface area (Å²) < 4.78 is 13.3. The van der Waals surface area contributed by atoms with Gasteiger partial charge in [0.1, 0.15) is 5.82 Å². The number of halogens is 1. The van der Waals surface area contributed by atoms with Gasteiger partial charge in [-0.2, -0.15) is 0 Å². The topological polar surface area (TPSA) is 29.1 Å². The Kier molecular flexibility index (Phi) is 3.72. The molecular formula is C21H20FNO. The molecule has 1 aliphatic heterocycles. The molecule has 0 spiro atoms. The van der Waals surface area contributed by atoms with Gasteiger partial charge in [0, 0.05) is 12.1 Å². The van der Waals surface area contributed by atoms with Gasteiger partial charge in [0.15, 0.2) is 0 Å². The first-order valence-corrected chi connectivity index (χ1v) is 8.48. The highest BCUT2D eigenvalue weighted by Gasteiger charge is 2.26. The van der Waals surface area contributed by atoms with Gasteiger partial charge in [-0.15, -0.1) is 0 Å². The molecular weight excluding hydrogens is 301 g/mol. The number of hydrogen-bond acceptors (Lipinski definition) is 1. The summed E-state index contributed by atoms with van der Waals surface area (Å²) in [5, 5.41) is 2.99. The van der Waals surface area contributed by atoms with Crippen LogP contribution in [0, 0.1) is 18.7 Å². The average molecular weight is 321 g/mol. The Labute approximate surface area is 141 Å². The van der Waals surface area contributed by atoms with Crippen molar-refractivity contribution in [3.8, 4) is 11.1 Å². The van der Waals surface area contributed by atoms with Crippen LogP contribution >= 0.6 is 0 Å². The third-order valence-electron chi connectivity index (χ3n) is 5.04. The second-order valence-electron chi connectivity index (χ2n) is 6.88. The van der Waals surface area contributed by atoms with Crippen molar-refractivity contribution in [2.75, 3.05) is 6.54 Å². The van der Waals surface area contributed by atoms with Gasteiger partial charge in [-0.25, -0.2) is 4.39 Å². The van der Waals surface area contributed by atoms with E-state index in [4.69, 9.17) is 0 Å². The molecule has 122 valence electrons. The van der Waals surface area contributed by atoms with Crippen molar-refractivity contribution in [3.05, 3.63) is 64.5 Å². The van der Waals surface area contributed by atoms with E-state index < -0.39 is 0 Å². The molecule has 2 aromatic rings. The normalized spacial score (nSPS) is 19.7. The van der Waals surface area contributed by atoms with Gasteiger partial charge in [-0.3, -0.25) is 4.79 Å². The summed E-state index contributed by atoms with van der Waals surface area (Å²) in [6.45, 7) is 2.81. The van der Waals surface area contributed by atoms with Gasteiger partial charge in [-0.1, -0.05) is 24.3 Å². The molecule has 0 saturated carbocycles.